The number of carbonyl (C=O) groups excluding carboxylic acids is 3. The first kappa shape index (κ1) is 32.5. The molecule has 0 aliphatic carbocycles. The van der Waals surface area contributed by atoms with Gasteiger partial charge in [0.05, 0.1) is 16.7 Å². The molecule has 0 heterocycles. The van der Waals surface area contributed by atoms with Crippen LogP contribution in [0.1, 0.15) is 31.1 Å². The summed E-state index contributed by atoms with van der Waals surface area (Å²) >= 11 is 0. The van der Waals surface area contributed by atoms with Crippen LogP contribution in [0.25, 0.3) is 66.8 Å². The normalized spacial score (nSPS) is 10.8. The molecule has 6 heteroatoms. The fourth-order valence-electron chi connectivity index (χ4n) is 6.38. The van der Waals surface area contributed by atoms with Crippen molar-refractivity contribution in [1.29, 1.82) is 0 Å². The average Bonchev–Trinajstić information content (AvgIpc) is 3.19. The van der Waals surface area contributed by atoms with Crippen molar-refractivity contribution in [3.63, 3.8) is 0 Å². The second kappa shape index (κ2) is 13.8. The van der Waals surface area contributed by atoms with Crippen LogP contribution < -0.4 is 0 Å². The van der Waals surface area contributed by atoms with Crippen molar-refractivity contribution < 1.29 is 29.7 Å². The molecule has 0 saturated carbocycles. The van der Waals surface area contributed by atoms with E-state index in [0.717, 1.165) is 16.7 Å². The zero-order chi connectivity index (χ0) is 35.5. The number of hydrogen-bond acceptors (Lipinski definition) is 6. The van der Waals surface area contributed by atoms with E-state index >= 15 is 0 Å². The van der Waals surface area contributed by atoms with E-state index in [2.05, 4.69) is 0 Å². The van der Waals surface area contributed by atoms with Gasteiger partial charge in [0.15, 0.2) is 18.9 Å². The first-order valence-electron chi connectivity index (χ1n) is 16.2. The highest BCUT2D eigenvalue weighted by atomic mass is 16.3. The largest absolute Gasteiger partial charge is 0.507 e. The summed E-state index contributed by atoms with van der Waals surface area (Å²) in [5.74, 6) is -0.418. The summed E-state index contributed by atoms with van der Waals surface area (Å²) in [4.78, 5) is 36.7. The topological polar surface area (TPSA) is 112 Å². The van der Waals surface area contributed by atoms with E-state index in [1.165, 1.54) is 0 Å². The molecule has 246 valence electrons. The molecule has 7 aromatic carbocycles. The number of rotatable bonds is 9. The van der Waals surface area contributed by atoms with Gasteiger partial charge in [0, 0.05) is 16.7 Å². The van der Waals surface area contributed by atoms with Gasteiger partial charge in [-0.1, -0.05) is 91.0 Å². The molecule has 0 amide bonds. The minimum absolute atomic E-state index is 0.108. The number of carbonyl (C=O) groups is 3. The molecule has 0 aromatic heterocycles. The zero-order valence-electron chi connectivity index (χ0n) is 27.2. The number of phenols is 3. The Morgan fingerprint density at radius 2 is 0.529 bits per heavy atom. The number of hydrogen-bond donors (Lipinski definition) is 3. The van der Waals surface area contributed by atoms with Crippen LogP contribution in [0.15, 0.2) is 146 Å². The third-order valence-corrected chi connectivity index (χ3v) is 8.99. The Hall–Kier alpha value is -7.05. The van der Waals surface area contributed by atoms with Gasteiger partial charge in [-0.2, -0.15) is 0 Å². The molecule has 0 bridgehead atoms. The summed E-state index contributed by atoms with van der Waals surface area (Å²) in [5, 5.41) is 33.2. The first-order chi connectivity index (χ1) is 24.9. The number of aldehydes is 3. The summed E-state index contributed by atoms with van der Waals surface area (Å²) in [6.45, 7) is 0. The summed E-state index contributed by atoms with van der Waals surface area (Å²) in [6.07, 6.45) is 1.84. The van der Waals surface area contributed by atoms with Gasteiger partial charge in [0.1, 0.15) is 17.2 Å². The minimum atomic E-state index is -0.139. The summed E-state index contributed by atoms with van der Waals surface area (Å²) in [7, 11) is 0. The molecule has 0 unspecified atom stereocenters. The van der Waals surface area contributed by atoms with Crippen LogP contribution in [0, 0.1) is 0 Å². The SMILES string of the molecule is O=Cc1cc(-c2cc(-c3cc(C=O)c(O)c(-c4ccccc4)c3)cc(-c3cc(C=O)c(O)c(-c4ccccc4)c3)c2)cc(-c2ccccc2)c1O. The maximum atomic E-state index is 12.2. The maximum absolute atomic E-state index is 12.2. The highest BCUT2D eigenvalue weighted by molar-refractivity contribution is 5.95. The molecule has 0 aliphatic rings. The van der Waals surface area contributed by atoms with Gasteiger partial charge < -0.3 is 15.3 Å². The summed E-state index contributed by atoms with van der Waals surface area (Å²) < 4.78 is 0. The fourth-order valence-corrected chi connectivity index (χ4v) is 6.38. The number of aromatic hydroxyl groups is 3. The third-order valence-electron chi connectivity index (χ3n) is 8.99. The molecule has 0 aliphatic heterocycles. The molecular formula is C45H30O6. The molecule has 7 aromatic rings. The lowest BCUT2D eigenvalue weighted by molar-refractivity contribution is 0.111. The molecule has 3 N–H and O–H groups in total. The van der Waals surface area contributed by atoms with Gasteiger partial charge in [-0.15, -0.1) is 0 Å². The van der Waals surface area contributed by atoms with E-state index in [1.807, 2.05) is 127 Å². The molecule has 0 radical (unpaired) electrons. The summed E-state index contributed by atoms with van der Waals surface area (Å²) in [5.41, 5.74) is 7.82. The van der Waals surface area contributed by atoms with Crippen molar-refractivity contribution in [2.45, 2.75) is 0 Å². The Kier molecular flexibility index (Phi) is 8.81. The van der Waals surface area contributed by atoms with Crippen LogP contribution in [-0.4, -0.2) is 34.2 Å². The highest BCUT2D eigenvalue weighted by Crippen LogP contribution is 2.43. The van der Waals surface area contributed by atoms with E-state index in [4.69, 9.17) is 0 Å². The van der Waals surface area contributed by atoms with Crippen molar-refractivity contribution in [3.05, 3.63) is 162 Å². The molecular weight excluding hydrogens is 636 g/mol. The lowest BCUT2D eigenvalue weighted by Crippen LogP contribution is -1.94. The maximum Gasteiger partial charge on any atom is 0.153 e. The van der Waals surface area contributed by atoms with Gasteiger partial charge in [-0.25, -0.2) is 0 Å². The first-order valence-corrected chi connectivity index (χ1v) is 16.2. The van der Waals surface area contributed by atoms with Gasteiger partial charge >= 0.3 is 0 Å². The van der Waals surface area contributed by atoms with Crippen molar-refractivity contribution in [1.82, 2.24) is 0 Å². The van der Waals surface area contributed by atoms with E-state index in [9.17, 15) is 29.7 Å². The lowest BCUT2D eigenvalue weighted by atomic mass is 9.88. The number of benzene rings is 7. The predicted molar refractivity (Wildman–Crippen MR) is 200 cm³/mol. The van der Waals surface area contributed by atoms with Crippen LogP contribution in [0.5, 0.6) is 17.2 Å². The Morgan fingerprint density at radius 3 is 0.765 bits per heavy atom. The lowest BCUT2D eigenvalue weighted by Gasteiger charge is -2.17. The third kappa shape index (κ3) is 6.30. The second-order valence-electron chi connectivity index (χ2n) is 12.1. The quantitative estimate of drug-likeness (QED) is 0.132. The van der Waals surface area contributed by atoms with Crippen LogP contribution >= 0.6 is 0 Å². The van der Waals surface area contributed by atoms with Crippen molar-refractivity contribution >= 4 is 18.9 Å². The van der Waals surface area contributed by atoms with Gasteiger partial charge in [0.25, 0.3) is 0 Å². The summed E-state index contributed by atoms with van der Waals surface area (Å²) in [6, 6.07) is 43.8. The molecule has 7 rings (SSSR count). The van der Waals surface area contributed by atoms with Gasteiger partial charge in [0.2, 0.25) is 0 Å². The zero-order valence-corrected chi connectivity index (χ0v) is 27.2. The van der Waals surface area contributed by atoms with E-state index in [-0.39, 0.29) is 33.9 Å². The molecule has 0 atom stereocenters. The van der Waals surface area contributed by atoms with Crippen LogP contribution in [-0.2, 0) is 0 Å². The fraction of sp³-hybridized carbons (Fsp3) is 0. The molecule has 0 saturated heterocycles. The molecule has 6 nitrogen and oxygen atoms in total. The van der Waals surface area contributed by atoms with Crippen molar-refractivity contribution in [2.75, 3.05) is 0 Å². The van der Waals surface area contributed by atoms with Crippen LogP contribution in [0.4, 0.5) is 0 Å². The van der Waals surface area contributed by atoms with Gasteiger partial charge in [-0.05, 0) is 105 Å². The van der Waals surface area contributed by atoms with Crippen molar-refractivity contribution in [2.24, 2.45) is 0 Å². The standard InChI is InChI=1S/C45H30O6/c46-25-37-19-34(22-40(43(37)49)28-10-4-1-5-11-28)31-16-32(35-20-38(26-47)44(50)41(23-35)29-12-6-2-7-13-29)18-33(17-31)36-21-39(27-48)45(51)42(24-36)30-14-8-3-9-15-30/h1-27,49-51H. The van der Waals surface area contributed by atoms with E-state index < -0.39 is 0 Å². The highest BCUT2D eigenvalue weighted by Gasteiger charge is 2.19. The Morgan fingerprint density at radius 1 is 0.294 bits per heavy atom. The van der Waals surface area contributed by atoms with Crippen molar-refractivity contribution in [3.8, 4) is 84.0 Å². The Bertz CT molecular complexity index is 2150. The smallest absolute Gasteiger partial charge is 0.153 e. The molecule has 0 fully saturated rings. The minimum Gasteiger partial charge on any atom is -0.507 e. The molecule has 51 heavy (non-hydrogen) atoms. The predicted octanol–water partition coefficient (Wildman–Crippen LogP) is 10.2. The Labute approximate surface area is 294 Å². The van der Waals surface area contributed by atoms with Gasteiger partial charge in [-0.3, -0.25) is 14.4 Å². The Balaban J connectivity index is 1.52. The second-order valence-corrected chi connectivity index (χ2v) is 12.1. The monoisotopic (exact) mass is 666 g/mol. The number of phenolic OH excluding ortho intramolecular Hbond substituents is 3. The van der Waals surface area contributed by atoms with E-state index in [1.54, 1.807) is 18.2 Å². The molecule has 0 spiro atoms. The average molecular weight is 667 g/mol. The van der Waals surface area contributed by atoms with Crippen LogP contribution in [0.3, 0.4) is 0 Å². The van der Waals surface area contributed by atoms with Crippen LogP contribution in [0.2, 0.25) is 0 Å². The van der Waals surface area contributed by atoms with E-state index in [0.29, 0.717) is 68.9 Å².